The van der Waals surface area contributed by atoms with Gasteiger partial charge in [-0.3, -0.25) is 0 Å². The van der Waals surface area contributed by atoms with Gasteiger partial charge in [0, 0.05) is 17.8 Å². The molecule has 0 amide bonds. The third kappa shape index (κ3) is 4.18. The SMILES string of the molecule is CCCNc1ncnc(OCCc2cccs2)c1Br. The number of rotatable bonds is 7. The standard InChI is InChI=1S/C13H16BrN3OS/c1-2-6-15-12-11(14)13(17-9-16-12)18-7-5-10-4-3-8-19-10/h3-4,8-9H,2,5-7H2,1H3,(H,15,16,17). The van der Waals surface area contributed by atoms with Gasteiger partial charge in [0.15, 0.2) is 0 Å². The molecule has 0 aliphatic rings. The van der Waals surface area contributed by atoms with Crippen LogP contribution in [0.5, 0.6) is 5.88 Å². The summed E-state index contributed by atoms with van der Waals surface area (Å²) in [5.41, 5.74) is 0. The molecular formula is C13H16BrN3OS. The molecule has 2 heterocycles. The molecule has 0 saturated heterocycles. The van der Waals surface area contributed by atoms with E-state index in [-0.39, 0.29) is 0 Å². The van der Waals surface area contributed by atoms with E-state index in [1.54, 1.807) is 11.3 Å². The minimum Gasteiger partial charge on any atom is -0.476 e. The monoisotopic (exact) mass is 341 g/mol. The summed E-state index contributed by atoms with van der Waals surface area (Å²) in [6.07, 6.45) is 3.46. The van der Waals surface area contributed by atoms with Crippen LogP contribution in [0.2, 0.25) is 0 Å². The molecule has 19 heavy (non-hydrogen) atoms. The lowest BCUT2D eigenvalue weighted by Gasteiger charge is -2.10. The Morgan fingerprint density at radius 3 is 3.05 bits per heavy atom. The van der Waals surface area contributed by atoms with Crippen molar-refractivity contribution in [2.24, 2.45) is 0 Å². The summed E-state index contributed by atoms with van der Waals surface area (Å²) in [5.74, 6) is 1.37. The van der Waals surface area contributed by atoms with E-state index in [1.807, 2.05) is 6.07 Å². The van der Waals surface area contributed by atoms with Crippen LogP contribution in [-0.2, 0) is 6.42 Å². The minimum atomic E-state index is 0.588. The predicted octanol–water partition coefficient (Wildman–Crippen LogP) is 3.74. The molecule has 0 atom stereocenters. The number of ether oxygens (including phenoxy) is 1. The smallest absolute Gasteiger partial charge is 0.233 e. The highest BCUT2D eigenvalue weighted by atomic mass is 79.9. The molecule has 6 heteroatoms. The second kappa shape index (κ2) is 7.45. The summed E-state index contributed by atoms with van der Waals surface area (Å²) in [7, 11) is 0. The number of thiophene rings is 1. The Bertz CT molecular complexity index is 505. The van der Waals surface area contributed by atoms with Crippen molar-refractivity contribution < 1.29 is 4.74 Å². The zero-order valence-corrected chi connectivity index (χ0v) is 13.1. The Balaban J connectivity index is 1.92. The molecule has 2 rings (SSSR count). The normalized spacial score (nSPS) is 10.4. The third-order valence-electron chi connectivity index (χ3n) is 2.47. The summed E-state index contributed by atoms with van der Waals surface area (Å²) < 4.78 is 6.49. The van der Waals surface area contributed by atoms with Crippen LogP contribution in [0.1, 0.15) is 18.2 Å². The van der Waals surface area contributed by atoms with Gasteiger partial charge in [0.2, 0.25) is 5.88 Å². The van der Waals surface area contributed by atoms with E-state index in [2.05, 4.69) is 49.6 Å². The summed E-state index contributed by atoms with van der Waals surface area (Å²) in [5, 5.41) is 5.30. The molecule has 0 radical (unpaired) electrons. The van der Waals surface area contributed by atoms with Gasteiger partial charge in [-0.15, -0.1) is 11.3 Å². The van der Waals surface area contributed by atoms with E-state index >= 15 is 0 Å². The van der Waals surface area contributed by atoms with Gasteiger partial charge in [-0.25, -0.2) is 9.97 Å². The van der Waals surface area contributed by atoms with Crippen molar-refractivity contribution in [3.8, 4) is 5.88 Å². The number of nitrogens with zero attached hydrogens (tertiary/aromatic N) is 2. The number of halogens is 1. The Morgan fingerprint density at radius 1 is 1.42 bits per heavy atom. The van der Waals surface area contributed by atoms with Crippen LogP contribution in [0.15, 0.2) is 28.3 Å². The first kappa shape index (κ1) is 14.3. The average molecular weight is 342 g/mol. The van der Waals surface area contributed by atoms with Gasteiger partial charge < -0.3 is 10.1 Å². The van der Waals surface area contributed by atoms with Crippen molar-refractivity contribution in [2.45, 2.75) is 19.8 Å². The lowest BCUT2D eigenvalue weighted by Crippen LogP contribution is -2.07. The van der Waals surface area contributed by atoms with Crippen LogP contribution in [0.25, 0.3) is 0 Å². The van der Waals surface area contributed by atoms with Crippen LogP contribution < -0.4 is 10.1 Å². The fourth-order valence-electron chi connectivity index (χ4n) is 1.52. The molecule has 0 fully saturated rings. The van der Waals surface area contributed by atoms with E-state index in [9.17, 15) is 0 Å². The molecule has 2 aromatic heterocycles. The number of anilines is 1. The van der Waals surface area contributed by atoms with Crippen LogP contribution in [0.4, 0.5) is 5.82 Å². The van der Waals surface area contributed by atoms with Gasteiger partial charge in [0.05, 0.1) is 6.61 Å². The highest BCUT2D eigenvalue weighted by Gasteiger charge is 2.09. The summed E-state index contributed by atoms with van der Waals surface area (Å²) >= 11 is 5.22. The second-order valence-corrected chi connectivity index (χ2v) is 5.77. The third-order valence-corrected chi connectivity index (χ3v) is 4.12. The number of hydrogen-bond acceptors (Lipinski definition) is 5. The van der Waals surface area contributed by atoms with E-state index in [4.69, 9.17) is 4.74 Å². The molecule has 1 N–H and O–H groups in total. The zero-order chi connectivity index (χ0) is 13.5. The van der Waals surface area contributed by atoms with Crippen molar-refractivity contribution in [3.63, 3.8) is 0 Å². The lowest BCUT2D eigenvalue weighted by atomic mass is 10.4. The summed E-state index contributed by atoms with van der Waals surface area (Å²) in [6.45, 7) is 3.61. The number of hydrogen-bond donors (Lipinski definition) is 1. The van der Waals surface area contributed by atoms with Gasteiger partial charge in [0.25, 0.3) is 0 Å². The molecule has 0 spiro atoms. The van der Waals surface area contributed by atoms with Crippen molar-refractivity contribution in [2.75, 3.05) is 18.5 Å². The molecule has 0 bridgehead atoms. The Kier molecular flexibility index (Phi) is 5.60. The first-order valence-electron chi connectivity index (χ1n) is 6.20. The van der Waals surface area contributed by atoms with Crippen molar-refractivity contribution in [1.82, 2.24) is 9.97 Å². The van der Waals surface area contributed by atoms with Gasteiger partial charge in [0.1, 0.15) is 16.6 Å². The van der Waals surface area contributed by atoms with E-state index in [0.29, 0.717) is 12.5 Å². The molecular weight excluding hydrogens is 326 g/mol. The Morgan fingerprint density at radius 2 is 2.32 bits per heavy atom. The maximum Gasteiger partial charge on any atom is 0.233 e. The maximum absolute atomic E-state index is 5.70. The second-order valence-electron chi connectivity index (χ2n) is 3.95. The van der Waals surface area contributed by atoms with E-state index in [0.717, 1.165) is 29.7 Å². The van der Waals surface area contributed by atoms with Gasteiger partial charge >= 0.3 is 0 Å². The molecule has 0 unspecified atom stereocenters. The van der Waals surface area contributed by atoms with E-state index in [1.165, 1.54) is 11.2 Å². The fraction of sp³-hybridized carbons (Fsp3) is 0.385. The molecule has 2 aromatic rings. The predicted molar refractivity (Wildman–Crippen MR) is 82.0 cm³/mol. The van der Waals surface area contributed by atoms with Crippen molar-refractivity contribution >= 4 is 33.1 Å². The van der Waals surface area contributed by atoms with Gasteiger partial charge in [-0.1, -0.05) is 13.0 Å². The number of nitrogens with one attached hydrogen (secondary N) is 1. The van der Waals surface area contributed by atoms with Crippen LogP contribution in [0.3, 0.4) is 0 Å². The Hall–Kier alpha value is -1.14. The molecule has 0 aromatic carbocycles. The summed E-state index contributed by atoms with van der Waals surface area (Å²) in [4.78, 5) is 9.65. The fourth-order valence-corrected chi connectivity index (χ4v) is 2.67. The maximum atomic E-state index is 5.70. The molecule has 4 nitrogen and oxygen atoms in total. The van der Waals surface area contributed by atoms with Crippen molar-refractivity contribution in [3.05, 3.63) is 33.2 Å². The Labute approximate surface area is 125 Å². The largest absolute Gasteiger partial charge is 0.476 e. The highest BCUT2D eigenvalue weighted by molar-refractivity contribution is 9.10. The lowest BCUT2D eigenvalue weighted by molar-refractivity contribution is 0.308. The van der Waals surface area contributed by atoms with Gasteiger partial charge in [-0.05, 0) is 33.8 Å². The highest BCUT2D eigenvalue weighted by Crippen LogP contribution is 2.28. The first-order chi connectivity index (χ1) is 9.31. The molecule has 0 aliphatic heterocycles. The molecule has 102 valence electrons. The summed E-state index contributed by atoms with van der Waals surface area (Å²) in [6, 6.07) is 4.16. The quantitative estimate of drug-likeness (QED) is 0.833. The average Bonchev–Trinajstić information content (AvgIpc) is 2.92. The first-order valence-corrected chi connectivity index (χ1v) is 7.88. The molecule has 0 saturated carbocycles. The van der Waals surface area contributed by atoms with Crippen LogP contribution >= 0.6 is 27.3 Å². The van der Waals surface area contributed by atoms with E-state index < -0.39 is 0 Å². The van der Waals surface area contributed by atoms with Gasteiger partial charge in [-0.2, -0.15) is 0 Å². The van der Waals surface area contributed by atoms with Crippen LogP contribution in [-0.4, -0.2) is 23.1 Å². The topological polar surface area (TPSA) is 47.0 Å². The molecule has 0 aliphatic carbocycles. The minimum absolute atomic E-state index is 0.588. The zero-order valence-electron chi connectivity index (χ0n) is 10.7. The van der Waals surface area contributed by atoms with Crippen molar-refractivity contribution in [1.29, 1.82) is 0 Å². The van der Waals surface area contributed by atoms with Crippen LogP contribution in [0, 0.1) is 0 Å². The number of aromatic nitrogens is 2.